The Labute approximate surface area is 154 Å². The van der Waals surface area contributed by atoms with Crippen LogP contribution in [-0.4, -0.2) is 53.1 Å². The Morgan fingerprint density at radius 3 is 2.62 bits per heavy atom. The number of hydrogen-bond donors (Lipinski definition) is 0. The van der Waals surface area contributed by atoms with Gasteiger partial charge in [0.2, 0.25) is 5.91 Å². The van der Waals surface area contributed by atoms with Crippen molar-refractivity contribution in [2.24, 2.45) is 0 Å². The van der Waals surface area contributed by atoms with Crippen LogP contribution in [0.15, 0.2) is 24.8 Å². The number of carbonyl (C=O) groups is 2. The van der Waals surface area contributed by atoms with Crippen molar-refractivity contribution in [2.45, 2.75) is 45.8 Å². The molecule has 1 aromatic rings. The maximum Gasteiger partial charge on any atom is 0.410 e. The molecule has 5 nitrogen and oxygen atoms in total. The largest absolute Gasteiger partial charge is 0.444 e. The van der Waals surface area contributed by atoms with Gasteiger partial charge in [-0.3, -0.25) is 4.79 Å². The molecular weight excluding hydrogens is 335 g/mol. The smallest absolute Gasteiger partial charge is 0.410 e. The Morgan fingerprint density at radius 1 is 1.35 bits per heavy atom. The fourth-order valence-corrected chi connectivity index (χ4v) is 2.92. The molecule has 1 atom stereocenters. The minimum atomic E-state index is -0.546. The van der Waals surface area contributed by atoms with Crippen molar-refractivity contribution >= 4 is 18.1 Å². The Balaban J connectivity index is 1.96. The zero-order valence-corrected chi connectivity index (χ0v) is 15.9. The molecule has 1 unspecified atom stereocenters. The summed E-state index contributed by atoms with van der Waals surface area (Å²) in [6, 6.07) is 4.48. The fraction of sp³-hybridized carbons (Fsp3) is 0.500. The van der Waals surface area contributed by atoms with Crippen LogP contribution in [0.5, 0.6) is 0 Å². The lowest BCUT2D eigenvalue weighted by molar-refractivity contribution is -0.133. The van der Waals surface area contributed by atoms with E-state index >= 15 is 0 Å². The molecular formula is C20H27FN2O3. The highest BCUT2D eigenvalue weighted by atomic mass is 19.1. The molecule has 1 aliphatic heterocycles. The summed E-state index contributed by atoms with van der Waals surface area (Å²) in [5.41, 5.74) is 0.585. The van der Waals surface area contributed by atoms with Gasteiger partial charge in [0.15, 0.2) is 0 Å². The van der Waals surface area contributed by atoms with Crippen molar-refractivity contribution in [3.63, 3.8) is 0 Å². The Bertz CT molecular complexity index is 697. The van der Waals surface area contributed by atoms with Crippen LogP contribution in [0.4, 0.5) is 9.18 Å². The third-order valence-corrected chi connectivity index (χ3v) is 4.24. The van der Waals surface area contributed by atoms with Crippen LogP contribution in [-0.2, 0) is 16.0 Å². The minimum absolute atomic E-state index is 0.0395. The molecule has 1 fully saturated rings. The minimum Gasteiger partial charge on any atom is -0.444 e. The molecule has 0 aromatic heterocycles. The number of ether oxygens (including phenoxy) is 1. The summed E-state index contributed by atoms with van der Waals surface area (Å²) in [5, 5.41) is 0. The molecule has 1 heterocycles. The lowest BCUT2D eigenvalue weighted by Crippen LogP contribution is -2.56. The number of piperazine rings is 1. The van der Waals surface area contributed by atoms with E-state index in [2.05, 4.69) is 6.58 Å². The molecule has 1 aliphatic rings. The number of amides is 2. The quantitative estimate of drug-likeness (QED) is 0.827. The summed E-state index contributed by atoms with van der Waals surface area (Å²) < 4.78 is 18.9. The number of rotatable bonds is 3. The topological polar surface area (TPSA) is 49.9 Å². The van der Waals surface area contributed by atoms with Gasteiger partial charge in [0.05, 0.1) is 6.42 Å². The van der Waals surface area contributed by atoms with Crippen LogP contribution in [0.3, 0.4) is 0 Å². The van der Waals surface area contributed by atoms with Gasteiger partial charge >= 0.3 is 6.09 Å². The Morgan fingerprint density at radius 2 is 2.04 bits per heavy atom. The van der Waals surface area contributed by atoms with Gasteiger partial charge in [-0.05, 0) is 45.4 Å². The van der Waals surface area contributed by atoms with Gasteiger partial charge in [0.25, 0.3) is 0 Å². The summed E-state index contributed by atoms with van der Waals surface area (Å²) in [6.45, 7) is 12.3. The molecule has 2 amide bonds. The highest BCUT2D eigenvalue weighted by Gasteiger charge is 2.32. The highest BCUT2D eigenvalue weighted by molar-refractivity contribution is 5.79. The van der Waals surface area contributed by atoms with E-state index in [-0.39, 0.29) is 30.3 Å². The van der Waals surface area contributed by atoms with Gasteiger partial charge in [-0.1, -0.05) is 18.7 Å². The molecule has 2 rings (SSSR count). The number of halogens is 1. The summed E-state index contributed by atoms with van der Waals surface area (Å²) in [4.78, 5) is 28.2. The molecule has 0 bridgehead atoms. The monoisotopic (exact) mass is 362 g/mol. The third kappa shape index (κ3) is 5.07. The third-order valence-electron chi connectivity index (χ3n) is 4.24. The molecule has 142 valence electrons. The molecule has 0 radical (unpaired) electrons. The molecule has 0 saturated carbocycles. The van der Waals surface area contributed by atoms with E-state index < -0.39 is 5.60 Å². The van der Waals surface area contributed by atoms with E-state index in [1.165, 1.54) is 12.1 Å². The van der Waals surface area contributed by atoms with Crippen LogP contribution in [0.1, 0.15) is 38.8 Å². The van der Waals surface area contributed by atoms with Gasteiger partial charge in [-0.2, -0.15) is 0 Å². The average Bonchev–Trinajstić information content (AvgIpc) is 2.54. The lowest BCUT2D eigenvalue weighted by Gasteiger charge is -2.40. The zero-order valence-electron chi connectivity index (χ0n) is 15.9. The molecule has 26 heavy (non-hydrogen) atoms. The second kappa shape index (κ2) is 7.89. The molecule has 0 aliphatic carbocycles. The van der Waals surface area contributed by atoms with E-state index in [0.717, 1.165) is 5.56 Å². The second-order valence-electron chi connectivity index (χ2n) is 7.60. The summed E-state index contributed by atoms with van der Waals surface area (Å²) in [7, 11) is 0. The Kier molecular flexibility index (Phi) is 6.05. The van der Waals surface area contributed by atoms with E-state index in [1.807, 2.05) is 27.7 Å². The average molecular weight is 362 g/mol. The van der Waals surface area contributed by atoms with Crippen molar-refractivity contribution in [2.75, 3.05) is 19.6 Å². The van der Waals surface area contributed by atoms with Gasteiger partial charge in [-0.15, -0.1) is 0 Å². The predicted octanol–water partition coefficient (Wildman–Crippen LogP) is 3.48. The van der Waals surface area contributed by atoms with Gasteiger partial charge < -0.3 is 14.5 Å². The summed E-state index contributed by atoms with van der Waals surface area (Å²) in [6.07, 6.45) is 1.27. The first-order valence-electron chi connectivity index (χ1n) is 8.79. The Hall–Kier alpha value is -2.37. The molecule has 0 N–H and O–H groups in total. The molecule has 0 spiro atoms. The standard InChI is InChI=1S/C20H27FN2O3/c1-6-16-11-15(7-8-17(16)21)12-18(24)22-9-10-23(14(2)13-22)19(25)26-20(3,4)5/h6-8,11,14H,1,9-10,12-13H2,2-5H3. The molecule has 1 aromatic carbocycles. The number of benzene rings is 1. The van der Waals surface area contributed by atoms with Crippen LogP contribution in [0.25, 0.3) is 6.08 Å². The molecule has 1 saturated heterocycles. The van der Waals surface area contributed by atoms with Crippen LogP contribution < -0.4 is 0 Å². The summed E-state index contributed by atoms with van der Waals surface area (Å²) in [5.74, 6) is -0.391. The summed E-state index contributed by atoms with van der Waals surface area (Å²) >= 11 is 0. The van der Waals surface area contributed by atoms with Crippen molar-refractivity contribution in [1.29, 1.82) is 0 Å². The first kappa shape index (κ1) is 19.9. The fourth-order valence-electron chi connectivity index (χ4n) is 2.92. The highest BCUT2D eigenvalue weighted by Crippen LogP contribution is 2.17. The first-order valence-corrected chi connectivity index (χ1v) is 8.79. The van der Waals surface area contributed by atoms with Crippen LogP contribution >= 0.6 is 0 Å². The SMILES string of the molecule is C=Cc1cc(CC(=O)N2CCN(C(=O)OC(C)(C)C)C(C)C2)ccc1F. The van der Waals surface area contributed by atoms with E-state index in [0.29, 0.717) is 25.2 Å². The van der Waals surface area contributed by atoms with Crippen LogP contribution in [0, 0.1) is 5.82 Å². The maximum absolute atomic E-state index is 13.5. The van der Waals surface area contributed by atoms with Crippen molar-refractivity contribution in [3.05, 3.63) is 41.7 Å². The van der Waals surface area contributed by atoms with Gasteiger partial charge in [0.1, 0.15) is 11.4 Å². The number of carbonyl (C=O) groups excluding carboxylic acids is 2. The van der Waals surface area contributed by atoms with Crippen molar-refractivity contribution in [1.82, 2.24) is 9.80 Å². The lowest BCUT2D eigenvalue weighted by atomic mass is 10.1. The number of hydrogen-bond acceptors (Lipinski definition) is 3. The van der Waals surface area contributed by atoms with Crippen LogP contribution in [0.2, 0.25) is 0 Å². The van der Waals surface area contributed by atoms with Gasteiger partial charge in [-0.25, -0.2) is 9.18 Å². The second-order valence-corrected chi connectivity index (χ2v) is 7.60. The molecule has 6 heteroatoms. The normalized spacial score (nSPS) is 17.8. The van der Waals surface area contributed by atoms with Crippen molar-refractivity contribution < 1.29 is 18.7 Å². The first-order chi connectivity index (χ1) is 12.1. The van der Waals surface area contributed by atoms with E-state index in [1.54, 1.807) is 21.9 Å². The van der Waals surface area contributed by atoms with Gasteiger partial charge in [0, 0.05) is 31.2 Å². The maximum atomic E-state index is 13.5. The van der Waals surface area contributed by atoms with E-state index in [9.17, 15) is 14.0 Å². The zero-order chi connectivity index (χ0) is 19.5. The van der Waals surface area contributed by atoms with Crippen molar-refractivity contribution in [3.8, 4) is 0 Å². The number of nitrogens with zero attached hydrogens (tertiary/aromatic N) is 2. The van der Waals surface area contributed by atoms with E-state index in [4.69, 9.17) is 4.74 Å². The predicted molar refractivity (Wildman–Crippen MR) is 99.2 cm³/mol.